The second kappa shape index (κ2) is 13.1. The molecular weight excluding hydrogens is 565 g/mol. The summed E-state index contributed by atoms with van der Waals surface area (Å²) in [5.41, 5.74) is 1.22. The van der Waals surface area contributed by atoms with Crippen molar-refractivity contribution < 1.29 is 36.9 Å². The molecule has 2 aliphatic heterocycles. The average Bonchev–Trinajstić information content (AvgIpc) is 2.97. The molecule has 1 saturated heterocycles. The molecule has 3 aromatic rings. The van der Waals surface area contributed by atoms with E-state index in [1.807, 2.05) is 6.07 Å². The summed E-state index contributed by atoms with van der Waals surface area (Å²) in [4.78, 5) is 16.3. The van der Waals surface area contributed by atoms with Gasteiger partial charge in [0.1, 0.15) is 23.1 Å². The molecule has 1 atom stereocenters. The first kappa shape index (κ1) is 29.8. The van der Waals surface area contributed by atoms with Gasteiger partial charge in [0.05, 0.1) is 11.5 Å². The largest absolute Gasteiger partial charge is 0.507 e. The van der Waals surface area contributed by atoms with Gasteiger partial charge in [0, 0.05) is 44.8 Å². The lowest BCUT2D eigenvalue weighted by molar-refractivity contribution is -0.00579. The van der Waals surface area contributed by atoms with Crippen LogP contribution in [0.4, 0.5) is 9.18 Å². The molecule has 0 radical (unpaired) electrons. The second-order valence-corrected chi connectivity index (χ2v) is 12.2. The average molecular weight is 600 g/mol. The first-order valence-electron chi connectivity index (χ1n) is 13.8. The predicted molar refractivity (Wildman–Crippen MR) is 153 cm³/mol. The minimum Gasteiger partial charge on any atom is -0.494 e. The van der Waals surface area contributed by atoms with E-state index in [9.17, 15) is 22.7 Å². The Balaban J connectivity index is 1.25. The molecule has 5 rings (SSSR count). The van der Waals surface area contributed by atoms with Crippen LogP contribution >= 0.6 is 0 Å². The Hall–Kier alpha value is -3.71. The highest BCUT2D eigenvalue weighted by molar-refractivity contribution is 7.89. The monoisotopic (exact) mass is 599 g/mol. The molecule has 1 N–H and O–H groups in total. The number of carbonyl (C=O) groups is 1. The molecule has 2 aliphatic rings. The van der Waals surface area contributed by atoms with Crippen LogP contribution in [0.3, 0.4) is 0 Å². The zero-order valence-corrected chi connectivity index (χ0v) is 24.1. The molecule has 42 heavy (non-hydrogen) atoms. The topological polar surface area (TPSA) is 109 Å². The number of hydrogen-bond acceptors (Lipinski definition) is 8. The van der Waals surface area contributed by atoms with E-state index in [2.05, 4.69) is 16.8 Å². The normalized spacial score (nSPS) is 18.3. The third-order valence-corrected chi connectivity index (χ3v) is 9.28. The van der Waals surface area contributed by atoms with Crippen LogP contribution in [0, 0.1) is 5.82 Å². The number of ether oxygens (including phenoxy) is 3. The van der Waals surface area contributed by atoms with Crippen molar-refractivity contribution in [2.45, 2.75) is 24.0 Å². The minimum absolute atomic E-state index is 0.0218. The van der Waals surface area contributed by atoms with E-state index in [1.165, 1.54) is 48.5 Å². The van der Waals surface area contributed by atoms with Crippen LogP contribution < -0.4 is 9.47 Å². The van der Waals surface area contributed by atoms with Crippen molar-refractivity contribution >= 4 is 16.2 Å². The molecule has 2 heterocycles. The fourth-order valence-corrected chi connectivity index (χ4v) is 6.59. The molecule has 0 aromatic heterocycles. The summed E-state index contributed by atoms with van der Waals surface area (Å²) >= 11 is 0. The maximum absolute atomic E-state index is 13.6. The summed E-state index contributed by atoms with van der Waals surface area (Å²) < 4.78 is 58.2. The van der Waals surface area contributed by atoms with Gasteiger partial charge in [0.2, 0.25) is 10.0 Å². The fraction of sp³-hybridized carbons (Fsp3) is 0.367. The standard InChI is InChI=1S/C30H34FN3O7S/c1-32-16-18-33(19-17-32)14-2-20-39-26-9-12-28-22(21-26)13-15-34(29(28)41-30(35)36)42(37,38)27-10-7-25(8-11-27)40-24-5-3-23(31)4-6-24/h3-12,21,29H,2,13-20H2,1H3,(H,35,36). The van der Waals surface area contributed by atoms with Gasteiger partial charge in [-0.25, -0.2) is 17.6 Å². The van der Waals surface area contributed by atoms with Crippen molar-refractivity contribution in [3.05, 3.63) is 83.7 Å². The van der Waals surface area contributed by atoms with Crippen molar-refractivity contribution in [3.63, 3.8) is 0 Å². The van der Waals surface area contributed by atoms with Gasteiger partial charge < -0.3 is 29.1 Å². The van der Waals surface area contributed by atoms with Gasteiger partial charge in [-0.3, -0.25) is 0 Å². The number of rotatable bonds is 10. The Morgan fingerprint density at radius 1 is 0.929 bits per heavy atom. The quantitative estimate of drug-likeness (QED) is 0.265. The van der Waals surface area contributed by atoms with E-state index in [4.69, 9.17) is 14.2 Å². The maximum atomic E-state index is 13.6. The zero-order valence-electron chi connectivity index (χ0n) is 23.3. The number of hydrogen-bond donors (Lipinski definition) is 1. The fourth-order valence-electron chi connectivity index (χ4n) is 5.10. The molecule has 0 aliphatic carbocycles. The highest BCUT2D eigenvalue weighted by atomic mass is 32.2. The summed E-state index contributed by atoms with van der Waals surface area (Å²) in [6.45, 7) is 5.75. The Morgan fingerprint density at radius 2 is 1.57 bits per heavy atom. The predicted octanol–water partition coefficient (Wildman–Crippen LogP) is 4.57. The van der Waals surface area contributed by atoms with Gasteiger partial charge in [-0.2, -0.15) is 4.31 Å². The van der Waals surface area contributed by atoms with Crippen molar-refractivity contribution in [2.24, 2.45) is 0 Å². The summed E-state index contributed by atoms with van der Waals surface area (Å²) in [5.74, 6) is 1.01. The van der Waals surface area contributed by atoms with Gasteiger partial charge in [-0.05, 0) is 92.2 Å². The van der Waals surface area contributed by atoms with Crippen molar-refractivity contribution in [2.75, 3.05) is 52.9 Å². The summed E-state index contributed by atoms with van der Waals surface area (Å²) in [6.07, 6.45) is -1.69. The van der Waals surface area contributed by atoms with E-state index < -0.39 is 28.2 Å². The first-order chi connectivity index (χ1) is 20.2. The number of fused-ring (bicyclic) bond motifs is 1. The lowest BCUT2D eigenvalue weighted by atomic mass is 9.99. The zero-order chi connectivity index (χ0) is 29.7. The number of halogens is 1. The number of benzene rings is 3. The van der Waals surface area contributed by atoms with Crippen LogP contribution in [-0.4, -0.2) is 86.7 Å². The summed E-state index contributed by atoms with van der Waals surface area (Å²) in [5, 5.41) is 9.44. The molecule has 12 heteroatoms. The second-order valence-electron chi connectivity index (χ2n) is 10.3. The lowest BCUT2D eigenvalue weighted by Gasteiger charge is -2.35. The number of nitrogens with zero attached hydrogens (tertiary/aromatic N) is 3. The van der Waals surface area contributed by atoms with Gasteiger partial charge >= 0.3 is 6.16 Å². The Kier molecular flexibility index (Phi) is 9.27. The van der Waals surface area contributed by atoms with E-state index in [1.54, 1.807) is 12.1 Å². The van der Waals surface area contributed by atoms with Gasteiger partial charge in [0.15, 0.2) is 6.23 Å². The Labute approximate surface area is 244 Å². The molecule has 0 spiro atoms. The van der Waals surface area contributed by atoms with Gasteiger partial charge in [0.25, 0.3) is 0 Å². The van der Waals surface area contributed by atoms with E-state index in [-0.39, 0.29) is 11.4 Å². The van der Waals surface area contributed by atoms with Gasteiger partial charge in [-0.15, -0.1) is 0 Å². The Bertz CT molecular complexity index is 1480. The third kappa shape index (κ3) is 7.19. The molecular formula is C30H34FN3O7S. The number of likely N-dealkylation sites (N-methyl/N-ethyl adjacent to an activating group) is 1. The number of sulfonamides is 1. The third-order valence-electron chi connectivity index (χ3n) is 7.42. The molecule has 1 unspecified atom stereocenters. The SMILES string of the molecule is CN1CCN(CCCOc2ccc3c(c2)CCN(S(=O)(=O)c2ccc(Oc4ccc(F)cc4)cc2)C3OC(=O)O)CC1. The summed E-state index contributed by atoms with van der Waals surface area (Å²) in [6, 6.07) is 16.4. The molecule has 1 fully saturated rings. The molecule has 0 saturated carbocycles. The highest BCUT2D eigenvalue weighted by Crippen LogP contribution is 2.37. The number of carboxylic acid groups (broad SMARTS) is 1. The molecule has 0 amide bonds. The Morgan fingerprint density at radius 3 is 2.24 bits per heavy atom. The van der Waals surface area contributed by atoms with Crippen molar-refractivity contribution in [1.82, 2.24) is 14.1 Å². The first-order valence-corrected chi connectivity index (χ1v) is 15.2. The van der Waals surface area contributed by atoms with Crippen LogP contribution in [-0.2, 0) is 21.2 Å². The van der Waals surface area contributed by atoms with E-state index in [0.717, 1.165) is 49.0 Å². The van der Waals surface area contributed by atoms with Crippen LogP contribution in [0.1, 0.15) is 23.8 Å². The maximum Gasteiger partial charge on any atom is 0.507 e. The van der Waals surface area contributed by atoms with E-state index in [0.29, 0.717) is 35.8 Å². The van der Waals surface area contributed by atoms with Crippen LogP contribution in [0.5, 0.6) is 17.2 Å². The molecule has 224 valence electrons. The molecule has 0 bridgehead atoms. The van der Waals surface area contributed by atoms with Crippen molar-refractivity contribution in [1.29, 1.82) is 0 Å². The van der Waals surface area contributed by atoms with Crippen molar-refractivity contribution in [3.8, 4) is 17.2 Å². The van der Waals surface area contributed by atoms with Crippen LogP contribution in [0.2, 0.25) is 0 Å². The highest BCUT2D eigenvalue weighted by Gasteiger charge is 2.39. The smallest absolute Gasteiger partial charge is 0.494 e. The lowest BCUT2D eigenvalue weighted by Crippen LogP contribution is -2.44. The van der Waals surface area contributed by atoms with E-state index >= 15 is 0 Å². The minimum atomic E-state index is -4.14. The molecule has 10 nitrogen and oxygen atoms in total. The van der Waals surface area contributed by atoms with Crippen LogP contribution in [0.15, 0.2) is 71.6 Å². The molecule has 3 aromatic carbocycles. The van der Waals surface area contributed by atoms with Gasteiger partial charge in [-0.1, -0.05) is 0 Å². The summed E-state index contributed by atoms with van der Waals surface area (Å²) in [7, 11) is -2.01. The van der Waals surface area contributed by atoms with Crippen LogP contribution in [0.25, 0.3) is 0 Å². The number of piperazine rings is 1.